The number of hydrogen-bond acceptors (Lipinski definition) is 2. The van der Waals surface area contributed by atoms with Crippen molar-refractivity contribution in [2.45, 2.75) is 19.3 Å². The maximum Gasteiger partial charge on any atom is 0.233 e. The number of rotatable bonds is 5. The van der Waals surface area contributed by atoms with Crippen molar-refractivity contribution in [2.24, 2.45) is 0 Å². The van der Waals surface area contributed by atoms with Crippen molar-refractivity contribution >= 4 is 29.1 Å². The second-order valence-electron chi connectivity index (χ2n) is 4.82. The van der Waals surface area contributed by atoms with E-state index in [1.807, 2.05) is 26.0 Å². The number of likely N-dealkylation sites (N-methyl/N-ethyl adjacent to an activating group) is 1. The molecule has 1 aromatic carbocycles. The minimum absolute atomic E-state index is 0.0226. The third kappa shape index (κ3) is 4.16. The zero-order valence-electron chi connectivity index (χ0n) is 10.8. The van der Waals surface area contributed by atoms with Crippen LogP contribution in [0.15, 0.2) is 18.2 Å². The van der Waals surface area contributed by atoms with E-state index >= 15 is 0 Å². The molecule has 5 heteroatoms. The Morgan fingerprint density at radius 1 is 1.28 bits per heavy atom. The smallest absolute Gasteiger partial charge is 0.233 e. The molecule has 1 rings (SSSR count). The Morgan fingerprint density at radius 3 is 2.50 bits per heavy atom. The highest BCUT2D eigenvalue weighted by molar-refractivity contribution is 6.42. The van der Waals surface area contributed by atoms with E-state index in [0.717, 1.165) is 5.56 Å². The number of benzene rings is 1. The lowest BCUT2D eigenvalue weighted by Gasteiger charge is -2.26. The zero-order chi connectivity index (χ0) is 13.8. The Labute approximate surface area is 118 Å². The molecule has 2 N–H and O–H groups in total. The van der Waals surface area contributed by atoms with Gasteiger partial charge >= 0.3 is 0 Å². The van der Waals surface area contributed by atoms with Gasteiger partial charge in [0, 0.05) is 12.0 Å². The number of halogens is 2. The summed E-state index contributed by atoms with van der Waals surface area (Å²) >= 11 is 11.9. The lowest BCUT2D eigenvalue weighted by Crippen LogP contribution is -2.40. The summed E-state index contributed by atoms with van der Waals surface area (Å²) in [5, 5.41) is 6.76. The molecule has 0 aromatic heterocycles. The molecule has 0 aliphatic rings. The van der Waals surface area contributed by atoms with Crippen LogP contribution in [0.1, 0.15) is 19.4 Å². The van der Waals surface area contributed by atoms with Crippen LogP contribution in [-0.2, 0) is 10.2 Å². The van der Waals surface area contributed by atoms with Gasteiger partial charge < -0.3 is 10.6 Å². The quantitative estimate of drug-likeness (QED) is 0.875. The van der Waals surface area contributed by atoms with Gasteiger partial charge in [-0.05, 0) is 24.7 Å². The van der Waals surface area contributed by atoms with Crippen LogP contribution in [0.2, 0.25) is 10.0 Å². The van der Waals surface area contributed by atoms with Crippen LogP contribution in [0.5, 0.6) is 0 Å². The van der Waals surface area contributed by atoms with Gasteiger partial charge in [-0.15, -0.1) is 0 Å². The molecular weight excluding hydrogens is 271 g/mol. The molecule has 0 saturated heterocycles. The molecule has 100 valence electrons. The van der Waals surface area contributed by atoms with Crippen LogP contribution in [0, 0.1) is 0 Å². The summed E-state index contributed by atoms with van der Waals surface area (Å²) in [7, 11) is 1.74. The van der Waals surface area contributed by atoms with Crippen molar-refractivity contribution < 1.29 is 4.79 Å². The maximum atomic E-state index is 11.4. The second kappa shape index (κ2) is 6.41. The van der Waals surface area contributed by atoms with E-state index in [1.165, 1.54) is 0 Å². The Balaban J connectivity index is 2.73. The molecule has 0 fully saturated rings. The molecule has 0 aliphatic carbocycles. The summed E-state index contributed by atoms with van der Waals surface area (Å²) in [6, 6.07) is 5.54. The molecule has 0 atom stereocenters. The summed E-state index contributed by atoms with van der Waals surface area (Å²) < 4.78 is 0. The number of amides is 1. The molecule has 0 bridgehead atoms. The number of carbonyl (C=O) groups excluding carboxylic acids is 1. The summed E-state index contributed by atoms with van der Waals surface area (Å²) in [4.78, 5) is 11.4. The fraction of sp³-hybridized carbons (Fsp3) is 0.462. The summed E-state index contributed by atoms with van der Waals surface area (Å²) in [6.07, 6.45) is 0. The van der Waals surface area contributed by atoms with Crippen LogP contribution in [0.4, 0.5) is 0 Å². The molecule has 18 heavy (non-hydrogen) atoms. The third-order valence-corrected chi connectivity index (χ3v) is 3.50. The second-order valence-corrected chi connectivity index (χ2v) is 5.63. The Bertz CT molecular complexity index is 433. The zero-order valence-corrected chi connectivity index (χ0v) is 12.3. The summed E-state index contributed by atoms with van der Waals surface area (Å²) in [5.74, 6) is -0.0226. The largest absolute Gasteiger partial charge is 0.354 e. The van der Waals surface area contributed by atoms with E-state index in [9.17, 15) is 4.79 Å². The van der Waals surface area contributed by atoms with Gasteiger partial charge in [-0.1, -0.05) is 43.1 Å². The minimum Gasteiger partial charge on any atom is -0.354 e. The molecule has 0 heterocycles. The lowest BCUT2D eigenvalue weighted by molar-refractivity contribution is -0.120. The van der Waals surface area contributed by atoms with Gasteiger partial charge in [0.15, 0.2) is 0 Å². The minimum atomic E-state index is -0.197. The van der Waals surface area contributed by atoms with Crippen LogP contribution in [0.3, 0.4) is 0 Å². The molecule has 1 aromatic rings. The van der Waals surface area contributed by atoms with E-state index in [-0.39, 0.29) is 11.3 Å². The lowest BCUT2D eigenvalue weighted by atomic mass is 9.84. The molecule has 0 aliphatic heterocycles. The van der Waals surface area contributed by atoms with Crippen molar-refractivity contribution in [1.29, 1.82) is 0 Å². The van der Waals surface area contributed by atoms with Crippen molar-refractivity contribution in [2.75, 3.05) is 20.1 Å². The molecule has 3 nitrogen and oxygen atoms in total. The Hall–Kier alpha value is -0.770. The predicted octanol–water partition coefficient (Wildman–Crippen LogP) is 2.61. The van der Waals surface area contributed by atoms with Crippen LogP contribution >= 0.6 is 23.2 Å². The van der Waals surface area contributed by atoms with Gasteiger partial charge in [-0.25, -0.2) is 0 Å². The summed E-state index contributed by atoms with van der Waals surface area (Å²) in [5.41, 5.74) is 0.846. The van der Waals surface area contributed by atoms with Crippen molar-refractivity contribution in [3.8, 4) is 0 Å². The van der Waals surface area contributed by atoms with Gasteiger partial charge in [-0.2, -0.15) is 0 Å². The first-order chi connectivity index (χ1) is 8.36. The highest BCUT2D eigenvalue weighted by Gasteiger charge is 2.22. The highest BCUT2D eigenvalue weighted by Crippen LogP contribution is 2.29. The Morgan fingerprint density at radius 2 is 1.94 bits per heavy atom. The van der Waals surface area contributed by atoms with Crippen molar-refractivity contribution in [1.82, 2.24) is 10.6 Å². The predicted molar refractivity (Wildman–Crippen MR) is 76.4 cm³/mol. The fourth-order valence-corrected chi connectivity index (χ4v) is 1.86. The van der Waals surface area contributed by atoms with Crippen molar-refractivity contribution in [3.63, 3.8) is 0 Å². The maximum absolute atomic E-state index is 11.4. The van der Waals surface area contributed by atoms with Gasteiger partial charge in [0.2, 0.25) is 5.91 Å². The van der Waals surface area contributed by atoms with E-state index in [0.29, 0.717) is 23.1 Å². The van der Waals surface area contributed by atoms with E-state index in [4.69, 9.17) is 23.2 Å². The van der Waals surface area contributed by atoms with Crippen molar-refractivity contribution in [3.05, 3.63) is 33.8 Å². The summed E-state index contributed by atoms with van der Waals surface area (Å²) in [6.45, 7) is 4.96. The van der Waals surface area contributed by atoms with Gasteiger partial charge in [0.25, 0.3) is 0 Å². The normalized spacial score (nSPS) is 11.4. The fourth-order valence-electron chi connectivity index (χ4n) is 1.56. The molecule has 1 amide bonds. The van der Waals surface area contributed by atoms with E-state index in [2.05, 4.69) is 10.6 Å². The van der Waals surface area contributed by atoms with Crippen LogP contribution in [-0.4, -0.2) is 26.0 Å². The standard InChI is InChI=1S/C13H18Cl2N2O/c1-13(2,8-17-12(18)7-16-3)9-4-5-10(14)11(15)6-9/h4-6,16H,7-8H2,1-3H3,(H,17,18). The highest BCUT2D eigenvalue weighted by atomic mass is 35.5. The average Bonchev–Trinajstić information content (AvgIpc) is 2.30. The third-order valence-electron chi connectivity index (χ3n) is 2.77. The Kier molecular flexibility index (Phi) is 5.45. The van der Waals surface area contributed by atoms with Gasteiger partial charge in [0.1, 0.15) is 0 Å². The topological polar surface area (TPSA) is 41.1 Å². The van der Waals surface area contributed by atoms with Gasteiger partial charge in [0.05, 0.1) is 16.6 Å². The molecule has 0 saturated carbocycles. The SMILES string of the molecule is CNCC(=O)NCC(C)(C)c1ccc(Cl)c(Cl)c1. The average molecular weight is 289 g/mol. The number of carbonyl (C=O) groups is 1. The number of nitrogens with one attached hydrogen (secondary N) is 2. The molecule has 0 spiro atoms. The first-order valence-electron chi connectivity index (χ1n) is 5.73. The molecule has 0 unspecified atom stereocenters. The van der Waals surface area contributed by atoms with E-state index < -0.39 is 0 Å². The first kappa shape index (κ1) is 15.3. The molecule has 0 radical (unpaired) electrons. The first-order valence-corrected chi connectivity index (χ1v) is 6.49. The monoisotopic (exact) mass is 288 g/mol. The van der Waals surface area contributed by atoms with Crippen LogP contribution in [0.25, 0.3) is 0 Å². The number of hydrogen-bond donors (Lipinski definition) is 2. The molecular formula is C13H18Cl2N2O. The van der Waals surface area contributed by atoms with Crippen LogP contribution < -0.4 is 10.6 Å². The van der Waals surface area contributed by atoms with Gasteiger partial charge in [-0.3, -0.25) is 4.79 Å². The van der Waals surface area contributed by atoms with E-state index in [1.54, 1.807) is 13.1 Å².